The van der Waals surface area contributed by atoms with Gasteiger partial charge in [-0.15, -0.1) is 0 Å². The fourth-order valence-corrected chi connectivity index (χ4v) is 4.07. The molecule has 0 aliphatic heterocycles. The van der Waals surface area contributed by atoms with E-state index in [1.54, 1.807) is 6.92 Å². The zero-order valence-corrected chi connectivity index (χ0v) is 21.2. The number of unbranched alkanes of at least 4 members (excludes halogenated alkanes) is 6. The van der Waals surface area contributed by atoms with Crippen LogP contribution in [0.25, 0.3) is 0 Å². The van der Waals surface area contributed by atoms with Crippen LogP contribution in [0.1, 0.15) is 76.3 Å². The Labute approximate surface area is 201 Å². The van der Waals surface area contributed by atoms with Gasteiger partial charge in [0.2, 0.25) is 6.29 Å². The van der Waals surface area contributed by atoms with E-state index in [1.807, 2.05) is 30.3 Å². The minimum Gasteiger partial charge on any atom is -0.455 e. The largest absolute Gasteiger partial charge is 0.455 e. The fraction of sp³-hybridized carbons (Fsp3) is 0.552. The van der Waals surface area contributed by atoms with E-state index < -0.39 is 6.29 Å². The monoisotopic (exact) mass is 454 g/mol. The topological polar surface area (TPSA) is 35.5 Å². The van der Waals surface area contributed by atoms with E-state index in [0.29, 0.717) is 13.0 Å². The minimum atomic E-state index is -0.601. The van der Waals surface area contributed by atoms with Crippen LogP contribution in [-0.4, -0.2) is 37.4 Å². The molecule has 4 heteroatoms. The van der Waals surface area contributed by atoms with Crippen LogP contribution in [0.15, 0.2) is 54.6 Å². The molecule has 0 spiro atoms. The molecule has 2 aromatic rings. The molecule has 2 aromatic carbocycles. The molecule has 33 heavy (non-hydrogen) atoms. The number of esters is 1. The maximum Gasteiger partial charge on any atom is 0.314 e. The lowest BCUT2D eigenvalue weighted by molar-refractivity contribution is -0.903. The van der Waals surface area contributed by atoms with Crippen molar-refractivity contribution in [2.75, 3.05) is 20.6 Å². The van der Waals surface area contributed by atoms with E-state index in [0.717, 1.165) is 23.2 Å². The zero-order valence-electron chi connectivity index (χ0n) is 21.2. The number of ether oxygens (including phenoxy) is 2. The lowest BCUT2D eigenvalue weighted by atomic mass is 10.0. The number of benzene rings is 2. The number of carbonyl (C=O) groups excluding carboxylic acids is 1. The molecule has 0 fully saturated rings. The maximum absolute atomic E-state index is 12.4. The summed E-state index contributed by atoms with van der Waals surface area (Å²) in [4.78, 5) is 12.4. The second-order valence-electron chi connectivity index (χ2n) is 9.75. The van der Waals surface area contributed by atoms with Crippen LogP contribution < -0.4 is 4.74 Å². The Morgan fingerprint density at radius 3 is 2.27 bits per heavy atom. The van der Waals surface area contributed by atoms with Gasteiger partial charge in [-0.1, -0.05) is 87.9 Å². The Morgan fingerprint density at radius 1 is 0.879 bits per heavy atom. The smallest absolute Gasteiger partial charge is 0.314 e. The highest BCUT2D eigenvalue weighted by molar-refractivity contribution is 5.69. The third kappa shape index (κ3) is 11.9. The number of hydrogen-bond donors (Lipinski definition) is 0. The van der Waals surface area contributed by atoms with E-state index >= 15 is 0 Å². The summed E-state index contributed by atoms with van der Waals surface area (Å²) in [6, 6.07) is 18.5. The molecule has 0 aliphatic carbocycles. The molecule has 0 bridgehead atoms. The van der Waals surface area contributed by atoms with E-state index in [9.17, 15) is 4.79 Å². The average molecular weight is 455 g/mol. The first-order valence-corrected chi connectivity index (χ1v) is 12.7. The summed E-state index contributed by atoms with van der Waals surface area (Å²) in [5.41, 5.74) is 2.54. The first-order chi connectivity index (χ1) is 15.9. The fourth-order valence-electron chi connectivity index (χ4n) is 4.07. The molecule has 0 radical (unpaired) electrons. The van der Waals surface area contributed by atoms with Gasteiger partial charge in [-0.2, -0.15) is 0 Å². The number of rotatable bonds is 16. The number of carbonyl (C=O) groups is 1. The normalized spacial score (nSPS) is 12.4. The second-order valence-corrected chi connectivity index (χ2v) is 9.75. The average Bonchev–Trinajstić information content (AvgIpc) is 2.78. The first-order valence-electron chi connectivity index (χ1n) is 12.7. The van der Waals surface area contributed by atoms with Crippen molar-refractivity contribution < 1.29 is 18.8 Å². The van der Waals surface area contributed by atoms with Gasteiger partial charge in [-0.05, 0) is 30.5 Å². The molecule has 0 aromatic heterocycles. The van der Waals surface area contributed by atoms with Crippen molar-refractivity contribution in [3.05, 3.63) is 65.7 Å². The molecule has 0 N–H and O–H groups in total. The van der Waals surface area contributed by atoms with Crippen molar-refractivity contribution in [3.63, 3.8) is 0 Å². The molecule has 0 saturated heterocycles. The molecular formula is C29H44NO3+. The van der Waals surface area contributed by atoms with Crippen molar-refractivity contribution in [2.24, 2.45) is 0 Å². The number of nitrogens with zero attached hydrogens (tertiary/aromatic N) is 1. The van der Waals surface area contributed by atoms with Gasteiger partial charge in [-0.3, -0.25) is 4.79 Å². The van der Waals surface area contributed by atoms with E-state index in [-0.39, 0.29) is 5.97 Å². The van der Waals surface area contributed by atoms with Crippen LogP contribution in [0.3, 0.4) is 0 Å². The predicted molar refractivity (Wildman–Crippen MR) is 136 cm³/mol. The molecule has 182 valence electrons. The van der Waals surface area contributed by atoms with E-state index in [1.165, 1.54) is 56.1 Å². The maximum atomic E-state index is 12.4. The van der Waals surface area contributed by atoms with Crippen LogP contribution in [0.5, 0.6) is 5.75 Å². The van der Waals surface area contributed by atoms with E-state index in [4.69, 9.17) is 9.47 Å². The van der Waals surface area contributed by atoms with Crippen molar-refractivity contribution in [3.8, 4) is 5.75 Å². The van der Waals surface area contributed by atoms with Gasteiger partial charge in [-0.25, -0.2) is 0 Å². The number of quaternary nitrogens is 1. The Hall–Kier alpha value is -2.33. The molecule has 4 nitrogen and oxygen atoms in total. The standard InChI is InChI=1S/C29H44NO3/c1-5-6-7-8-9-10-12-16-26-19-15-20-28(23-26)32-25(2)33-29(31)21-22-30(3,4)24-27-17-13-11-14-18-27/h11,13-15,17-20,23,25H,5-10,12,16,21-22,24H2,1-4H3/q+1. The Kier molecular flexibility index (Phi) is 12.0. The van der Waals surface area contributed by atoms with Crippen molar-refractivity contribution in [1.29, 1.82) is 0 Å². The summed E-state index contributed by atoms with van der Waals surface area (Å²) >= 11 is 0. The van der Waals surface area contributed by atoms with Crippen LogP contribution in [0, 0.1) is 0 Å². The van der Waals surface area contributed by atoms with Gasteiger partial charge in [0, 0.05) is 12.5 Å². The van der Waals surface area contributed by atoms with Gasteiger partial charge in [0.05, 0.1) is 27.1 Å². The molecular weight excluding hydrogens is 410 g/mol. The minimum absolute atomic E-state index is 0.221. The summed E-state index contributed by atoms with van der Waals surface area (Å²) in [6.45, 7) is 5.63. The van der Waals surface area contributed by atoms with Gasteiger partial charge in [0.15, 0.2) is 0 Å². The van der Waals surface area contributed by atoms with Crippen LogP contribution >= 0.6 is 0 Å². The molecule has 1 unspecified atom stereocenters. The second kappa shape index (κ2) is 14.7. The summed E-state index contributed by atoms with van der Waals surface area (Å²) in [5.74, 6) is 0.539. The third-order valence-electron chi connectivity index (χ3n) is 5.94. The molecule has 0 aliphatic rings. The van der Waals surface area contributed by atoms with Crippen molar-refractivity contribution >= 4 is 5.97 Å². The van der Waals surface area contributed by atoms with E-state index in [2.05, 4.69) is 45.3 Å². The quantitative estimate of drug-likeness (QED) is 0.120. The van der Waals surface area contributed by atoms with Gasteiger partial charge < -0.3 is 14.0 Å². The highest BCUT2D eigenvalue weighted by Crippen LogP contribution is 2.18. The van der Waals surface area contributed by atoms with Crippen LogP contribution in [0.2, 0.25) is 0 Å². The highest BCUT2D eigenvalue weighted by Gasteiger charge is 2.20. The summed E-state index contributed by atoms with van der Waals surface area (Å²) < 4.78 is 12.1. The number of hydrogen-bond acceptors (Lipinski definition) is 3. The summed E-state index contributed by atoms with van der Waals surface area (Å²) in [5, 5.41) is 0. The Balaban J connectivity index is 1.69. The molecule has 1 atom stereocenters. The van der Waals surface area contributed by atoms with Crippen molar-refractivity contribution in [1.82, 2.24) is 0 Å². The Bertz CT molecular complexity index is 804. The number of aryl methyl sites for hydroxylation is 1. The SMILES string of the molecule is CCCCCCCCCc1cccc(OC(C)OC(=O)CC[N+](C)(C)Cc2ccccc2)c1. The molecule has 2 rings (SSSR count). The first kappa shape index (κ1) is 26.9. The van der Waals surface area contributed by atoms with Gasteiger partial charge >= 0.3 is 5.97 Å². The lowest BCUT2D eigenvalue weighted by Gasteiger charge is -2.29. The molecule has 0 heterocycles. The molecule has 0 saturated carbocycles. The van der Waals surface area contributed by atoms with Crippen LogP contribution in [0.4, 0.5) is 0 Å². The Morgan fingerprint density at radius 2 is 1.55 bits per heavy atom. The summed E-state index contributed by atoms with van der Waals surface area (Å²) in [6.07, 6.45) is 10.00. The van der Waals surface area contributed by atoms with Crippen LogP contribution in [-0.2, 0) is 22.5 Å². The van der Waals surface area contributed by atoms with Gasteiger partial charge in [0.1, 0.15) is 12.3 Å². The predicted octanol–water partition coefficient (Wildman–Crippen LogP) is 6.91. The van der Waals surface area contributed by atoms with Gasteiger partial charge in [0.25, 0.3) is 0 Å². The van der Waals surface area contributed by atoms with Crippen molar-refractivity contribution in [2.45, 2.75) is 84.5 Å². The third-order valence-corrected chi connectivity index (χ3v) is 5.94. The lowest BCUT2D eigenvalue weighted by Crippen LogP contribution is -2.40. The zero-order chi connectivity index (χ0) is 23.9. The molecule has 0 amide bonds. The highest BCUT2D eigenvalue weighted by atomic mass is 16.7. The summed E-state index contributed by atoms with van der Waals surface area (Å²) in [7, 11) is 4.27.